The Hall–Kier alpha value is -1.80. The van der Waals surface area contributed by atoms with E-state index in [0.717, 1.165) is 36.3 Å². The first kappa shape index (κ1) is 22.4. The molecule has 0 radical (unpaired) electrons. The van der Waals surface area contributed by atoms with Crippen LogP contribution in [0.4, 0.5) is 5.13 Å². The molecule has 0 bridgehead atoms. The van der Waals surface area contributed by atoms with Crippen LogP contribution in [0.2, 0.25) is 5.02 Å². The number of methoxy groups -OCH3 is 1. The molecule has 1 amide bonds. The van der Waals surface area contributed by atoms with Crippen molar-refractivity contribution < 1.29 is 14.3 Å². The summed E-state index contributed by atoms with van der Waals surface area (Å²) >= 11 is 9.60. The van der Waals surface area contributed by atoms with Crippen LogP contribution in [0.3, 0.4) is 0 Å². The van der Waals surface area contributed by atoms with Gasteiger partial charge in [-0.3, -0.25) is 9.69 Å². The molecule has 1 aliphatic heterocycles. The highest BCUT2D eigenvalue weighted by molar-refractivity contribution is 7.99. The number of nitrogens with zero attached hydrogens (tertiary/aromatic N) is 2. The normalized spacial score (nSPS) is 16.0. The predicted octanol–water partition coefficient (Wildman–Crippen LogP) is 6.04. The fourth-order valence-corrected chi connectivity index (χ4v) is 5.72. The molecule has 0 saturated carbocycles. The van der Waals surface area contributed by atoms with E-state index in [4.69, 9.17) is 26.1 Å². The molecule has 0 aliphatic carbocycles. The van der Waals surface area contributed by atoms with Gasteiger partial charge in [-0.05, 0) is 49.3 Å². The van der Waals surface area contributed by atoms with Crippen LogP contribution in [0.25, 0.3) is 10.2 Å². The third-order valence-corrected chi connectivity index (χ3v) is 7.79. The van der Waals surface area contributed by atoms with E-state index in [-0.39, 0.29) is 12.0 Å². The molecule has 1 unspecified atom stereocenters. The van der Waals surface area contributed by atoms with Crippen molar-refractivity contribution in [1.29, 1.82) is 0 Å². The molecule has 164 valence electrons. The molecule has 0 spiro atoms. The Morgan fingerprint density at radius 1 is 1.32 bits per heavy atom. The number of hydrogen-bond acceptors (Lipinski definition) is 6. The number of benzene rings is 2. The van der Waals surface area contributed by atoms with Crippen molar-refractivity contribution in [3.8, 4) is 5.75 Å². The molecular weight excluding hydrogens is 452 g/mol. The molecule has 4 rings (SSSR count). The maximum atomic E-state index is 13.2. The summed E-state index contributed by atoms with van der Waals surface area (Å²) in [6.07, 6.45) is 3.30. The van der Waals surface area contributed by atoms with Crippen molar-refractivity contribution in [2.45, 2.75) is 36.7 Å². The highest BCUT2D eigenvalue weighted by Gasteiger charge is 2.26. The summed E-state index contributed by atoms with van der Waals surface area (Å²) in [6, 6.07) is 13.9. The molecule has 1 aromatic heterocycles. The van der Waals surface area contributed by atoms with Gasteiger partial charge >= 0.3 is 0 Å². The van der Waals surface area contributed by atoms with E-state index in [1.54, 1.807) is 35.9 Å². The van der Waals surface area contributed by atoms with Crippen LogP contribution in [0, 0.1) is 0 Å². The minimum Gasteiger partial charge on any atom is -0.494 e. The zero-order chi connectivity index (χ0) is 21.6. The number of thioether (sulfide) groups is 1. The van der Waals surface area contributed by atoms with Gasteiger partial charge in [-0.25, -0.2) is 4.98 Å². The van der Waals surface area contributed by atoms with Gasteiger partial charge in [0.2, 0.25) is 5.91 Å². The smallest absolute Gasteiger partial charge is 0.228 e. The molecule has 1 saturated heterocycles. The fourth-order valence-electron chi connectivity index (χ4n) is 3.57. The molecule has 1 aliphatic rings. The molecule has 1 atom stereocenters. The quantitative estimate of drug-likeness (QED) is 0.278. The number of carbonyl (C=O) groups is 1. The third kappa shape index (κ3) is 5.52. The van der Waals surface area contributed by atoms with Crippen molar-refractivity contribution in [1.82, 2.24) is 4.98 Å². The van der Waals surface area contributed by atoms with Crippen molar-refractivity contribution in [2.75, 3.05) is 30.9 Å². The molecule has 31 heavy (non-hydrogen) atoms. The SMILES string of the molecule is COc1ccc(Cl)c2sc(N(CC3CCCO3)C(=O)CCCSc3ccccc3)nc12. The Balaban J connectivity index is 1.49. The zero-order valence-corrected chi connectivity index (χ0v) is 19.8. The Labute approximate surface area is 195 Å². The van der Waals surface area contributed by atoms with Crippen LogP contribution in [0.15, 0.2) is 47.4 Å². The second-order valence-corrected chi connectivity index (χ2v) is 9.88. The molecule has 2 heterocycles. The number of hydrogen-bond donors (Lipinski definition) is 0. The van der Waals surface area contributed by atoms with Gasteiger partial charge in [0.15, 0.2) is 5.13 Å². The van der Waals surface area contributed by atoms with Crippen LogP contribution in [0.5, 0.6) is 5.75 Å². The fraction of sp³-hybridized carbons (Fsp3) is 0.391. The number of ether oxygens (including phenoxy) is 2. The monoisotopic (exact) mass is 476 g/mol. The van der Waals surface area contributed by atoms with Crippen LogP contribution in [-0.2, 0) is 9.53 Å². The maximum Gasteiger partial charge on any atom is 0.228 e. The summed E-state index contributed by atoms with van der Waals surface area (Å²) in [5, 5.41) is 1.26. The van der Waals surface area contributed by atoms with Gasteiger partial charge in [-0.1, -0.05) is 41.1 Å². The summed E-state index contributed by atoms with van der Waals surface area (Å²) in [7, 11) is 1.61. The lowest BCUT2D eigenvalue weighted by Gasteiger charge is -2.23. The molecular formula is C23H25ClN2O3S2. The van der Waals surface area contributed by atoms with Gasteiger partial charge in [-0.2, -0.15) is 0 Å². The maximum absolute atomic E-state index is 13.2. The summed E-state index contributed by atoms with van der Waals surface area (Å²) in [6.45, 7) is 1.27. The highest BCUT2D eigenvalue weighted by atomic mass is 35.5. The molecule has 8 heteroatoms. The standard InChI is InChI=1S/C23H25ClN2O3S2/c1-28-19-12-11-18(24)22-21(19)25-23(31-22)26(15-16-7-5-13-29-16)20(27)10-6-14-30-17-8-3-2-4-9-17/h2-4,8-9,11-12,16H,5-7,10,13-15H2,1H3. The molecule has 5 nitrogen and oxygen atoms in total. The van der Waals surface area contributed by atoms with Crippen LogP contribution < -0.4 is 9.64 Å². The van der Waals surface area contributed by atoms with Gasteiger partial charge in [0.1, 0.15) is 11.3 Å². The number of fused-ring (bicyclic) bond motifs is 1. The van der Waals surface area contributed by atoms with Gasteiger partial charge < -0.3 is 9.47 Å². The van der Waals surface area contributed by atoms with Gasteiger partial charge in [-0.15, -0.1) is 11.8 Å². The number of anilines is 1. The number of amides is 1. The van der Waals surface area contributed by atoms with E-state index < -0.39 is 0 Å². The van der Waals surface area contributed by atoms with Gasteiger partial charge in [0.25, 0.3) is 0 Å². The van der Waals surface area contributed by atoms with E-state index in [9.17, 15) is 4.79 Å². The minimum atomic E-state index is 0.0482. The highest BCUT2D eigenvalue weighted by Crippen LogP contribution is 2.39. The zero-order valence-electron chi connectivity index (χ0n) is 17.4. The van der Waals surface area contributed by atoms with Crippen LogP contribution >= 0.6 is 34.7 Å². The lowest BCUT2D eigenvalue weighted by atomic mass is 10.2. The second kappa shape index (κ2) is 10.7. The topological polar surface area (TPSA) is 51.7 Å². The Bertz CT molecular complexity index is 1020. The molecule has 3 aromatic rings. The van der Waals surface area contributed by atoms with E-state index in [0.29, 0.717) is 34.4 Å². The number of halogens is 1. The van der Waals surface area contributed by atoms with E-state index in [1.807, 2.05) is 18.2 Å². The van der Waals surface area contributed by atoms with Crippen LogP contribution in [-0.4, -0.2) is 43.0 Å². The lowest BCUT2D eigenvalue weighted by molar-refractivity contribution is -0.119. The minimum absolute atomic E-state index is 0.0482. The first-order chi connectivity index (χ1) is 15.2. The summed E-state index contributed by atoms with van der Waals surface area (Å²) in [5.41, 5.74) is 0.694. The van der Waals surface area contributed by atoms with Crippen LogP contribution in [0.1, 0.15) is 25.7 Å². The van der Waals surface area contributed by atoms with Crippen molar-refractivity contribution in [2.24, 2.45) is 0 Å². The summed E-state index contributed by atoms with van der Waals surface area (Å²) in [4.78, 5) is 21.0. The van der Waals surface area contributed by atoms with E-state index >= 15 is 0 Å². The molecule has 2 aromatic carbocycles. The van der Waals surface area contributed by atoms with Crippen molar-refractivity contribution in [3.63, 3.8) is 0 Å². The van der Waals surface area contributed by atoms with Gasteiger partial charge in [0.05, 0.1) is 29.5 Å². The van der Waals surface area contributed by atoms with Crippen molar-refractivity contribution >= 4 is 56.0 Å². The average Bonchev–Trinajstić information content (AvgIpc) is 3.46. The summed E-state index contributed by atoms with van der Waals surface area (Å²) < 4.78 is 12.1. The number of thiazole rings is 1. The Morgan fingerprint density at radius 3 is 2.90 bits per heavy atom. The number of aromatic nitrogens is 1. The Kier molecular flexibility index (Phi) is 7.72. The van der Waals surface area contributed by atoms with Gasteiger partial charge in [0, 0.05) is 17.9 Å². The first-order valence-electron chi connectivity index (χ1n) is 10.4. The van der Waals surface area contributed by atoms with E-state index in [2.05, 4.69) is 12.1 Å². The Morgan fingerprint density at radius 2 is 2.16 bits per heavy atom. The first-order valence-corrected chi connectivity index (χ1v) is 12.6. The predicted molar refractivity (Wildman–Crippen MR) is 129 cm³/mol. The number of rotatable bonds is 9. The summed E-state index contributed by atoms with van der Waals surface area (Å²) in [5.74, 6) is 1.62. The largest absolute Gasteiger partial charge is 0.494 e. The molecule has 1 fully saturated rings. The average molecular weight is 477 g/mol. The second-order valence-electron chi connectivity index (χ2n) is 7.33. The van der Waals surface area contributed by atoms with Crippen molar-refractivity contribution in [3.05, 3.63) is 47.5 Å². The molecule has 0 N–H and O–H groups in total. The number of carbonyl (C=O) groups excluding carboxylic acids is 1. The third-order valence-electron chi connectivity index (χ3n) is 5.16. The lowest BCUT2D eigenvalue weighted by Crippen LogP contribution is -2.37. The van der Waals surface area contributed by atoms with E-state index in [1.165, 1.54) is 16.2 Å².